The number of carbonyl (C=O) groups excluding carboxylic acids is 2. The summed E-state index contributed by atoms with van der Waals surface area (Å²) >= 11 is 12.2. The highest BCUT2D eigenvalue weighted by atomic mass is 35.5. The van der Waals surface area contributed by atoms with Crippen molar-refractivity contribution >= 4 is 50.7 Å². The average Bonchev–Trinajstić information content (AvgIpc) is 2.79. The van der Waals surface area contributed by atoms with Crippen LogP contribution in [-0.2, 0) is 26.2 Å². The minimum atomic E-state index is -3.89. The molecule has 1 N–H and O–H groups in total. The fourth-order valence-electron chi connectivity index (χ4n) is 3.24. The van der Waals surface area contributed by atoms with Gasteiger partial charge in [-0.15, -0.1) is 0 Å². The molecule has 0 saturated carbocycles. The number of carbonyl (C=O) groups is 2. The van der Waals surface area contributed by atoms with Gasteiger partial charge in [-0.3, -0.25) is 13.9 Å². The molecule has 0 bridgehead atoms. The maximum absolute atomic E-state index is 13.5. The quantitative estimate of drug-likeness (QED) is 0.462. The van der Waals surface area contributed by atoms with Crippen LogP contribution in [0.25, 0.3) is 0 Å². The first kappa shape index (κ1) is 28.7. The first-order valence-electron chi connectivity index (χ1n) is 11.0. The van der Waals surface area contributed by atoms with Gasteiger partial charge in [-0.1, -0.05) is 49.2 Å². The lowest BCUT2D eigenvalue weighted by molar-refractivity contribution is -0.139. The van der Waals surface area contributed by atoms with Gasteiger partial charge in [-0.2, -0.15) is 0 Å². The Bertz CT molecular complexity index is 1140. The van der Waals surface area contributed by atoms with Crippen molar-refractivity contribution < 1.29 is 22.7 Å². The van der Waals surface area contributed by atoms with Crippen LogP contribution in [0.15, 0.2) is 42.5 Å². The second kappa shape index (κ2) is 12.5. The number of ether oxygens (including phenoxy) is 1. The van der Waals surface area contributed by atoms with E-state index in [-0.39, 0.29) is 29.1 Å². The van der Waals surface area contributed by atoms with Crippen molar-refractivity contribution in [1.29, 1.82) is 0 Å². The van der Waals surface area contributed by atoms with Gasteiger partial charge in [0.1, 0.15) is 18.3 Å². The molecule has 2 rings (SSSR count). The number of sulfonamides is 1. The molecule has 0 radical (unpaired) electrons. The fraction of sp³-hybridized carbons (Fsp3) is 0.417. The Labute approximate surface area is 217 Å². The lowest BCUT2D eigenvalue weighted by atomic mass is 10.1. The molecule has 8 nitrogen and oxygen atoms in total. The van der Waals surface area contributed by atoms with Crippen molar-refractivity contribution in [3.63, 3.8) is 0 Å². The average molecular weight is 545 g/mol. The van der Waals surface area contributed by atoms with E-state index in [2.05, 4.69) is 5.32 Å². The Morgan fingerprint density at radius 3 is 2.20 bits per heavy atom. The van der Waals surface area contributed by atoms with Gasteiger partial charge in [-0.25, -0.2) is 8.42 Å². The molecule has 192 valence electrons. The molecule has 0 fully saturated rings. The zero-order chi connectivity index (χ0) is 26.3. The van der Waals surface area contributed by atoms with Gasteiger partial charge in [0.05, 0.1) is 24.1 Å². The zero-order valence-electron chi connectivity index (χ0n) is 20.4. The number of hydrogen-bond donors (Lipinski definition) is 1. The third-order valence-corrected chi connectivity index (χ3v) is 6.89. The normalized spacial score (nSPS) is 12.2. The monoisotopic (exact) mass is 543 g/mol. The number of rotatable bonds is 11. The summed E-state index contributed by atoms with van der Waals surface area (Å²) in [4.78, 5) is 27.7. The number of benzene rings is 2. The molecule has 2 aromatic rings. The Hall–Kier alpha value is -2.49. The summed E-state index contributed by atoms with van der Waals surface area (Å²) in [6.07, 6.45) is 0.984. The van der Waals surface area contributed by atoms with Gasteiger partial charge in [0.25, 0.3) is 0 Å². The number of nitrogens with one attached hydrogen (secondary N) is 1. The van der Waals surface area contributed by atoms with Crippen LogP contribution in [0.4, 0.5) is 5.69 Å². The Balaban J connectivity index is 2.39. The summed E-state index contributed by atoms with van der Waals surface area (Å²) in [5.41, 5.74) is 0.867. The molecule has 1 atom stereocenters. The number of nitrogens with zero attached hydrogens (tertiary/aromatic N) is 2. The predicted octanol–water partition coefficient (Wildman–Crippen LogP) is 3.96. The molecule has 0 aliphatic carbocycles. The van der Waals surface area contributed by atoms with Gasteiger partial charge in [-0.05, 0) is 48.7 Å². The van der Waals surface area contributed by atoms with Gasteiger partial charge < -0.3 is 15.0 Å². The maximum atomic E-state index is 13.5. The molecule has 0 spiro atoms. The summed E-state index contributed by atoms with van der Waals surface area (Å²) in [7, 11) is -2.34. The SMILES string of the molecule is COc1ccc(CN(C(=O)CN(c2ccc(Cl)cc2Cl)S(C)(=O)=O)[C@H](C)C(=O)NCC(C)C)cc1. The molecule has 35 heavy (non-hydrogen) atoms. The van der Waals surface area contributed by atoms with Crippen LogP contribution >= 0.6 is 23.2 Å². The molecule has 0 saturated heterocycles. The van der Waals surface area contributed by atoms with Crippen molar-refractivity contribution in [2.75, 3.05) is 30.8 Å². The highest BCUT2D eigenvalue weighted by molar-refractivity contribution is 7.92. The Morgan fingerprint density at radius 1 is 1.06 bits per heavy atom. The van der Waals surface area contributed by atoms with Crippen LogP contribution in [0, 0.1) is 5.92 Å². The number of hydrogen-bond acceptors (Lipinski definition) is 5. The smallest absolute Gasteiger partial charge is 0.244 e. The van der Waals surface area contributed by atoms with Crippen molar-refractivity contribution in [3.8, 4) is 5.75 Å². The van der Waals surface area contributed by atoms with E-state index in [9.17, 15) is 18.0 Å². The molecule has 11 heteroatoms. The second-order valence-electron chi connectivity index (χ2n) is 8.55. The lowest BCUT2D eigenvalue weighted by Gasteiger charge is -2.32. The minimum Gasteiger partial charge on any atom is -0.497 e. The molecular weight excluding hydrogens is 513 g/mol. The second-order valence-corrected chi connectivity index (χ2v) is 11.3. The number of halogens is 2. The number of amides is 2. The lowest BCUT2D eigenvalue weighted by Crippen LogP contribution is -2.51. The van der Waals surface area contributed by atoms with E-state index in [1.54, 1.807) is 38.3 Å². The molecule has 2 amide bonds. The highest BCUT2D eigenvalue weighted by Crippen LogP contribution is 2.30. The first-order valence-corrected chi connectivity index (χ1v) is 13.6. The van der Waals surface area contributed by atoms with Crippen LogP contribution in [-0.4, -0.2) is 57.6 Å². The predicted molar refractivity (Wildman–Crippen MR) is 140 cm³/mol. The molecule has 0 heterocycles. The maximum Gasteiger partial charge on any atom is 0.244 e. The Morgan fingerprint density at radius 2 is 1.69 bits per heavy atom. The summed E-state index contributed by atoms with van der Waals surface area (Å²) in [5.74, 6) is -0.0277. The molecule has 2 aromatic carbocycles. The third-order valence-electron chi connectivity index (χ3n) is 5.22. The number of anilines is 1. The third kappa shape index (κ3) is 8.30. The van der Waals surface area contributed by atoms with E-state index in [1.165, 1.54) is 23.1 Å². The van der Waals surface area contributed by atoms with Crippen molar-refractivity contribution in [1.82, 2.24) is 10.2 Å². The van der Waals surface area contributed by atoms with Crippen molar-refractivity contribution in [3.05, 3.63) is 58.1 Å². The van der Waals surface area contributed by atoms with E-state index in [0.29, 0.717) is 17.3 Å². The van der Waals surface area contributed by atoms with Crippen LogP contribution in [0.1, 0.15) is 26.3 Å². The van der Waals surface area contributed by atoms with E-state index in [4.69, 9.17) is 27.9 Å². The molecule has 0 aliphatic heterocycles. The van der Waals surface area contributed by atoms with Crippen LogP contribution in [0.2, 0.25) is 10.0 Å². The summed E-state index contributed by atoms with van der Waals surface area (Å²) < 4.78 is 31.3. The topological polar surface area (TPSA) is 96.0 Å². The minimum absolute atomic E-state index is 0.0835. The molecule has 0 unspecified atom stereocenters. The summed E-state index contributed by atoms with van der Waals surface area (Å²) in [6, 6.07) is 10.5. The molecular formula is C24H31Cl2N3O5S. The van der Waals surface area contributed by atoms with Gasteiger partial charge in [0.2, 0.25) is 21.8 Å². The first-order chi connectivity index (χ1) is 16.3. The van der Waals surface area contributed by atoms with Gasteiger partial charge >= 0.3 is 0 Å². The van der Waals surface area contributed by atoms with Crippen LogP contribution in [0.5, 0.6) is 5.75 Å². The van der Waals surface area contributed by atoms with Crippen molar-refractivity contribution in [2.45, 2.75) is 33.4 Å². The Kier molecular flexibility index (Phi) is 10.2. The van der Waals surface area contributed by atoms with Crippen molar-refractivity contribution in [2.24, 2.45) is 5.92 Å². The molecule has 0 aromatic heterocycles. The zero-order valence-corrected chi connectivity index (χ0v) is 22.7. The van der Waals surface area contributed by atoms with Gasteiger partial charge in [0.15, 0.2) is 0 Å². The van der Waals surface area contributed by atoms with E-state index in [1.807, 2.05) is 13.8 Å². The molecule has 0 aliphatic rings. The summed E-state index contributed by atoms with van der Waals surface area (Å²) in [6.45, 7) is 5.53. The van der Waals surface area contributed by atoms with Crippen LogP contribution < -0.4 is 14.4 Å². The number of methoxy groups -OCH3 is 1. The summed E-state index contributed by atoms with van der Waals surface area (Å²) in [5, 5.41) is 3.24. The largest absolute Gasteiger partial charge is 0.497 e. The van der Waals surface area contributed by atoms with Crippen LogP contribution in [0.3, 0.4) is 0 Å². The highest BCUT2D eigenvalue weighted by Gasteiger charge is 2.30. The van der Waals surface area contributed by atoms with E-state index >= 15 is 0 Å². The fourth-order valence-corrected chi connectivity index (χ4v) is 4.66. The van der Waals surface area contributed by atoms with E-state index in [0.717, 1.165) is 16.1 Å². The van der Waals surface area contributed by atoms with Gasteiger partial charge in [0, 0.05) is 18.1 Å². The van der Waals surface area contributed by atoms with E-state index < -0.39 is 28.5 Å². The standard InChI is InChI=1S/C24H31Cl2N3O5S/c1-16(2)13-27-24(31)17(3)28(14-18-6-9-20(34-4)10-7-18)23(30)15-29(35(5,32)33)22-11-8-19(25)12-21(22)26/h6-12,16-17H,13-15H2,1-5H3,(H,27,31)/t17-/m1/s1.